The van der Waals surface area contributed by atoms with Crippen LogP contribution in [-0.4, -0.2) is 31.5 Å². The second-order valence-corrected chi connectivity index (χ2v) is 8.04. The summed E-state index contributed by atoms with van der Waals surface area (Å²) in [6, 6.07) is 27.5. The van der Waals surface area contributed by atoms with Gasteiger partial charge in [-0.15, -0.1) is 0 Å². The van der Waals surface area contributed by atoms with Gasteiger partial charge in [0.25, 0.3) is 0 Å². The third kappa shape index (κ3) is 4.04. The van der Waals surface area contributed by atoms with Crippen LogP contribution >= 0.6 is 0 Å². The fourth-order valence-corrected chi connectivity index (χ4v) is 4.22. The van der Waals surface area contributed by atoms with Gasteiger partial charge in [-0.3, -0.25) is 0 Å². The van der Waals surface area contributed by atoms with E-state index in [0.717, 1.165) is 16.7 Å². The van der Waals surface area contributed by atoms with Gasteiger partial charge in [0.05, 0.1) is 19.8 Å². The van der Waals surface area contributed by atoms with E-state index in [9.17, 15) is 5.11 Å². The predicted octanol–water partition coefficient (Wildman–Crippen LogP) is 5.51. The third-order valence-electron chi connectivity index (χ3n) is 5.76. The highest BCUT2D eigenvalue weighted by atomic mass is 16.5. The Morgan fingerprint density at radius 2 is 1.44 bits per heavy atom. The van der Waals surface area contributed by atoms with Crippen molar-refractivity contribution in [2.75, 3.05) is 20.3 Å². The summed E-state index contributed by atoms with van der Waals surface area (Å²) in [6.45, 7) is 0.977. The fourth-order valence-electron chi connectivity index (χ4n) is 4.22. The second-order valence-electron chi connectivity index (χ2n) is 8.04. The van der Waals surface area contributed by atoms with Crippen molar-refractivity contribution in [2.24, 2.45) is 0 Å². The highest BCUT2D eigenvalue weighted by Gasteiger charge is 2.09. The Balaban J connectivity index is 1.39. The molecule has 1 N–H and O–H groups in total. The zero-order valence-corrected chi connectivity index (χ0v) is 18.0. The van der Waals surface area contributed by atoms with Gasteiger partial charge in [0, 0.05) is 18.2 Å². The van der Waals surface area contributed by atoms with Gasteiger partial charge in [-0.1, -0.05) is 72.5 Å². The van der Waals surface area contributed by atoms with Crippen molar-refractivity contribution in [1.29, 1.82) is 0 Å². The SMILES string of the molecule is COC[C@@H](O)COCc1ccc(C#Cc2ccc3ccc4cccc5ccc2c3c45)cc1. The van der Waals surface area contributed by atoms with Crippen LogP contribution in [0.25, 0.3) is 32.3 Å². The minimum absolute atomic E-state index is 0.254. The van der Waals surface area contributed by atoms with E-state index in [1.165, 1.54) is 32.3 Å². The summed E-state index contributed by atoms with van der Waals surface area (Å²) in [4.78, 5) is 0. The van der Waals surface area contributed by atoms with Crippen LogP contribution in [0.4, 0.5) is 0 Å². The molecule has 0 saturated carbocycles. The summed E-state index contributed by atoms with van der Waals surface area (Å²) in [6.07, 6.45) is -0.602. The molecule has 3 nitrogen and oxygen atoms in total. The maximum atomic E-state index is 9.65. The van der Waals surface area contributed by atoms with Crippen molar-refractivity contribution in [3.05, 3.63) is 95.6 Å². The average Bonchev–Trinajstić information content (AvgIpc) is 2.82. The molecule has 0 amide bonds. The summed E-state index contributed by atoms with van der Waals surface area (Å²) < 4.78 is 10.4. The van der Waals surface area contributed by atoms with Crippen molar-refractivity contribution >= 4 is 32.3 Å². The number of rotatable bonds is 6. The zero-order chi connectivity index (χ0) is 21.9. The van der Waals surface area contributed by atoms with Crippen LogP contribution in [-0.2, 0) is 16.1 Å². The topological polar surface area (TPSA) is 38.7 Å². The van der Waals surface area contributed by atoms with Crippen LogP contribution in [0.3, 0.4) is 0 Å². The number of hydrogen-bond acceptors (Lipinski definition) is 3. The van der Waals surface area contributed by atoms with Gasteiger partial charge in [-0.05, 0) is 56.1 Å². The third-order valence-corrected chi connectivity index (χ3v) is 5.76. The van der Waals surface area contributed by atoms with E-state index in [2.05, 4.69) is 66.4 Å². The summed E-state index contributed by atoms with van der Waals surface area (Å²) in [7, 11) is 1.56. The molecule has 158 valence electrons. The van der Waals surface area contributed by atoms with Crippen LogP contribution < -0.4 is 0 Å². The highest BCUT2D eigenvalue weighted by Crippen LogP contribution is 2.35. The van der Waals surface area contributed by atoms with Crippen molar-refractivity contribution in [1.82, 2.24) is 0 Å². The normalized spacial score (nSPS) is 12.3. The molecule has 0 bridgehead atoms. The van der Waals surface area contributed by atoms with Gasteiger partial charge < -0.3 is 14.6 Å². The molecule has 5 aromatic rings. The predicted molar refractivity (Wildman–Crippen MR) is 130 cm³/mol. The molecule has 0 aliphatic carbocycles. The quantitative estimate of drug-likeness (QED) is 0.291. The lowest BCUT2D eigenvalue weighted by Crippen LogP contribution is -2.20. The Hall–Kier alpha value is -3.42. The monoisotopic (exact) mass is 420 g/mol. The molecule has 32 heavy (non-hydrogen) atoms. The molecule has 0 aliphatic heterocycles. The van der Waals surface area contributed by atoms with Crippen LogP contribution in [0.1, 0.15) is 16.7 Å². The van der Waals surface area contributed by atoms with E-state index in [1.807, 2.05) is 24.3 Å². The van der Waals surface area contributed by atoms with Crippen molar-refractivity contribution in [3.8, 4) is 11.8 Å². The number of ether oxygens (including phenoxy) is 2. The smallest absolute Gasteiger partial charge is 0.101 e. The van der Waals surface area contributed by atoms with Gasteiger partial charge >= 0.3 is 0 Å². The van der Waals surface area contributed by atoms with E-state index in [1.54, 1.807) is 7.11 Å². The first-order valence-electron chi connectivity index (χ1n) is 10.7. The second kappa shape index (κ2) is 8.98. The molecular formula is C29H24O3. The number of methoxy groups -OCH3 is 1. The Morgan fingerprint density at radius 1 is 0.750 bits per heavy atom. The lowest BCUT2D eigenvalue weighted by molar-refractivity contribution is -0.0114. The summed E-state index contributed by atoms with van der Waals surface area (Å²) in [5.74, 6) is 6.68. The fraction of sp³-hybridized carbons (Fsp3) is 0.172. The highest BCUT2D eigenvalue weighted by molar-refractivity contribution is 6.23. The molecule has 0 heterocycles. The van der Waals surface area contributed by atoms with E-state index < -0.39 is 6.10 Å². The van der Waals surface area contributed by atoms with Gasteiger partial charge in [0.15, 0.2) is 0 Å². The minimum Gasteiger partial charge on any atom is -0.388 e. The van der Waals surface area contributed by atoms with E-state index >= 15 is 0 Å². The van der Waals surface area contributed by atoms with Gasteiger partial charge in [0.2, 0.25) is 0 Å². The van der Waals surface area contributed by atoms with Crippen molar-refractivity contribution < 1.29 is 14.6 Å². The lowest BCUT2D eigenvalue weighted by atomic mass is 9.92. The van der Waals surface area contributed by atoms with Gasteiger partial charge in [-0.2, -0.15) is 0 Å². The molecule has 0 spiro atoms. The maximum Gasteiger partial charge on any atom is 0.101 e. The first-order chi connectivity index (χ1) is 15.7. The number of hydrogen-bond donors (Lipinski definition) is 1. The van der Waals surface area contributed by atoms with Crippen molar-refractivity contribution in [2.45, 2.75) is 12.7 Å². The number of benzene rings is 5. The molecule has 0 fully saturated rings. The molecule has 5 aromatic carbocycles. The first-order valence-corrected chi connectivity index (χ1v) is 10.7. The lowest BCUT2D eigenvalue weighted by Gasteiger charge is -2.11. The van der Waals surface area contributed by atoms with Crippen molar-refractivity contribution in [3.63, 3.8) is 0 Å². The Bertz CT molecular complexity index is 1410. The Labute approximate surface area is 187 Å². The van der Waals surface area contributed by atoms with Crippen LogP contribution in [0, 0.1) is 11.8 Å². The first kappa shape index (κ1) is 20.5. The van der Waals surface area contributed by atoms with Crippen LogP contribution in [0.5, 0.6) is 0 Å². The standard InChI is InChI=1S/C29H24O3/c1-31-18-26(30)19-32-17-21-7-5-20(6-8-21)9-10-22-11-12-25-14-13-23-3-2-4-24-15-16-27(22)29(25)28(23)24/h2-8,11-16,26,30H,17-19H2,1H3/t26-/m1/s1. The van der Waals surface area contributed by atoms with Gasteiger partial charge in [-0.25, -0.2) is 0 Å². The zero-order valence-electron chi connectivity index (χ0n) is 18.0. The number of aliphatic hydroxyl groups is 1. The van der Waals surface area contributed by atoms with Crippen LogP contribution in [0.2, 0.25) is 0 Å². The van der Waals surface area contributed by atoms with Crippen LogP contribution in [0.15, 0.2) is 78.9 Å². The summed E-state index contributed by atoms with van der Waals surface area (Å²) >= 11 is 0. The Morgan fingerprint density at radius 3 is 2.19 bits per heavy atom. The molecule has 0 aromatic heterocycles. The average molecular weight is 421 g/mol. The molecular weight excluding hydrogens is 396 g/mol. The number of aliphatic hydroxyl groups excluding tert-OH is 1. The molecule has 0 unspecified atom stereocenters. The molecule has 0 saturated heterocycles. The van der Waals surface area contributed by atoms with E-state index in [-0.39, 0.29) is 13.2 Å². The summed E-state index contributed by atoms with van der Waals surface area (Å²) in [5.41, 5.74) is 3.04. The molecule has 0 aliphatic rings. The van der Waals surface area contributed by atoms with Gasteiger partial charge in [0.1, 0.15) is 6.10 Å². The van der Waals surface area contributed by atoms with E-state index in [4.69, 9.17) is 9.47 Å². The van der Waals surface area contributed by atoms with E-state index in [0.29, 0.717) is 6.61 Å². The minimum atomic E-state index is -0.602. The molecule has 5 rings (SSSR count). The summed E-state index contributed by atoms with van der Waals surface area (Å²) in [5, 5.41) is 17.2. The largest absolute Gasteiger partial charge is 0.388 e. The Kier molecular flexibility index (Phi) is 5.75. The molecule has 0 radical (unpaired) electrons. The molecule has 1 atom stereocenters. The maximum absolute atomic E-state index is 9.65. The molecule has 3 heteroatoms.